The summed E-state index contributed by atoms with van der Waals surface area (Å²) < 4.78 is 53.1. The summed E-state index contributed by atoms with van der Waals surface area (Å²) in [5, 5.41) is 6.96. The molecule has 0 saturated carbocycles. The standard InChI is InChI=1S/C30H29F3N4O3/c1-36-27(12-13-34-36)26-17-24(35-29(38)22-8-5-9-23(16-22)30(31,32)33)10-11-28(26)40-20-25-19-39-15-14-37(25)18-21-6-3-2-4-7-21/h2-13,16-17,25H,14-15,18-20H2,1H3,(H,35,38)/t25-/m0/s1. The van der Waals surface area contributed by atoms with Crippen molar-refractivity contribution >= 4 is 11.6 Å². The molecular weight excluding hydrogens is 521 g/mol. The second-order valence-corrected chi connectivity index (χ2v) is 9.58. The molecule has 0 bridgehead atoms. The molecule has 0 spiro atoms. The molecule has 0 radical (unpaired) electrons. The van der Waals surface area contributed by atoms with Crippen molar-refractivity contribution in [2.45, 2.75) is 18.8 Å². The van der Waals surface area contributed by atoms with Crippen molar-refractivity contribution in [1.82, 2.24) is 14.7 Å². The third kappa shape index (κ3) is 6.52. The Hall–Kier alpha value is -4.15. The molecule has 1 atom stereocenters. The number of carbonyl (C=O) groups is 1. The van der Waals surface area contributed by atoms with Gasteiger partial charge in [-0.3, -0.25) is 14.4 Å². The van der Waals surface area contributed by atoms with Crippen LogP contribution in [0.5, 0.6) is 5.75 Å². The number of hydrogen-bond donors (Lipinski definition) is 1. The van der Waals surface area contributed by atoms with Crippen LogP contribution in [0.15, 0.2) is 85.1 Å². The van der Waals surface area contributed by atoms with Gasteiger partial charge in [0.1, 0.15) is 12.4 Å². The number of rotatable bonds is 8. The van der Waals surface area contributed by atoms with E-state index in [4.69, 9.17) is 9.47 Å². The van der Waals surface area contributed by atoms with E-state index < -0.39 is 17.6 Å². The highest BCUT2D eigenvalue weighted by Crippen LogP contribution is 2.34. The molecular formula is C30H29F3N4O3. The Labute approximate surface area is 230 Å². The molecule has 1 amide bonds. The zero-order chi connectivity index (χ0) is 28.1. The molecule has 10 heteroatoms. The summed E-state index contributed by atoms with van der Waals surface area (Å²) in [5.74, 6) is -0.0578. The van der Waals surface area contributed by atoms with Crippen molar-refractivity contribution in [3.05, 3.63) is 102 Å². The van der Waals surface area contributed by atoms with Crippen molar-refractivity contribution in [3.8, 4) is 17.0 Å². The average Bonchev–Trinajstić information content (AvgIpc) is 3.38. The van der Waals surface area contributed by atoms with Crippen LogP contribution in [0, 0.1) is 0 Å². The van der Waals surface area contributed by atoms with Crippen LogP contribution in [-0.2, 0) is 24.5 Å². The lowest BCUT2D eigenvalue weighted by Gasteiger charge is -2.35. The molecule has 5 rings (SSSR count). The molecule has 40 heavy (non-hydrogen) atoms. The van der Waals surface area contributed by atoms with E-state index in [-0.39, 0.29) is 11.6 Å². The number of ether oxygens (including phenoxy) is 2. The predicted molar refractivity (Wildman–Crippen MR) is 145 cm³/mol. The second-order valence-electron chi connectivity index (χ2n) is 9.58. The third-order valence-electron chi connectivity index (χ3n) is 6.80. The first kappa shape index (κ1) is 27.4. The molecule has 4 aromatic rings. The Morgan fingerprint density at radius 2 is 1.90 bits per heavy atom. The van der Waals surface area contributed by atoms with Crippen LogP contribution in [0.2, 0.25) is 0 Å². The quantitative estimate of drug-likeness (QED) is 0.308. The fourth-order valence-corrected chi connectivity index (χ4v) is 4.67. The number of morpholine rings is 1. The minimum Gasteiger partial charge on any atom is -0.491 e. The highest BCUT2D eigenvalue weighted by atomic mass is 19.4. The maximum Gasteiger partial charge on any atom is 0.416 e. The van der Waals surface area contributed by atoms with Gasteiger partial charge in [-0.25, -0.2) is 0 Å². The third-order valence-corrected chi connectivity index (χ3v) is 6.80. The highest BCUT2D eigenvalue weighted by Gasteiger charge is 2.31. The number of carbonyl (C=O) groups excluding carboxylic acids is 1. The second kappa shape index (κ2) is 11.9. The molecule has 208 valence electrons. The first-order chi connectivity index (χ1) is 19.3. The summed E-state index contributed by atoms with van der Waals surface area (Å²) >= 11 is 0. The zero-order valence-corrected chi connectivity index (χ0v) is 21.9. The summed E-state index contributed by atoms with van der Waals surface area (Å²) in [4.78, 5) is 15.2. The molecule has 0 unspecified atom stereocenters. The summed E-state index contributed by atoms with van der Waals surface area (Å²) in [7, 11) is 1.80. The normalized spacial score (nSPS) is 16.1. The number of amides is 1. The van der Waals surface area contributed by atoms with E-state index in [9.17, 15) is 18.0 Å². The Balaban J connectivity index is 1.35. The molecule has 3 aromatic carbocycles. The Kier molecular flexibility index (Phi) is 8.18. The highest BCUT2D eigenvalue weighted by molar-refractivity contribution is 6.04. The van der Waals surface area contributed by atoms with Crippen LogP contribution in [0.3, 0.4) is 0 Å². The van der Waals surface area contributed by atoms with Crippen LogP contribution in [0.4, 0.5) is 18.9 Å². The molecule has 1 fully saturated rings. The largest absolute Gasteiger partial charge is 0.491 e. The predicted octanol–water partition coefficient (Wildman–Crippen LogP) is 5.64. The Morgan fingerprint density at radius 1 is 1.07 bits per heavy atom. The van der Waals surface area contributed by atoms with Crippen LogP contribution in [0.1, 0.15) is 21.5 Å². The van der Waals surface area contributed by atoms with Gasteiger partial charge in [0.05, 0.1) is 30.5 Å². The summed E-state index contributed by atoms with van der Waals surface area (Å²) in [6.07, 6.45) is -2.88. The first-order valence-electron chi connectivity index (χ1n) is 12.9. The van der Waals surface area contributed by atoms with Crippen LogP contribution in [0.25, 0.3) is 11.3 Å². The SMILES string of the molecule is Cn1nccc1-c1cc(NC(=O)c2cccc(C(F)(F)F)c2)ccc1OC[C@@H]1COCCN1Cc1ccccc1. The van der Waals surface area contributed by atoms with Crippen LogP contribution in [-0.4, -0.2) is 53.0 Å². The van der Waals surface area contributed by atoms with Gasteiger partial charge < -0.3 is 14.8 Å². The monoisotopic (exact) mass is 550 g/mol. The van der Waals surface area contributed by atoms with Gasteiger partial charge in [0.15, 0.2) is 0 Å². The van der Waals surface area contributed by atoms with Crippen LogP contribution < -0.4 is 10.1 Å². The average molecular weight is 551 g/mol. The van der Waals surface area contributed by atoms with Gasteiger partial charge in [0, 0.05) is 43.1 Å². The van der Waals surface area contributed by atoms with E-state index in [1.807, 2.05) is 24.3 Å². The number of halogens is 3. The van der Waals surface area contributed by atoms with E-state index in [2.05, 4.69) is 27.4 Å². The topological polar surface area (TPSA) is 68.6 Å². The van der Waals surface area contributed by atoms with Crippen molar-refractivity contribution in [1.29, 1.82) is 0 Å². The maximum atomic E-state index is 13.1. The lowest BCUT2D eigenvalue weighted by Crippen LogP contribution is -2.48. The van der Waals surface area contributed by atoms with Crippen molar-refractivity contribution in [3.63, 3.8) is 0 Å². The summed E-state index contributed by atoms with van der Waals surface area (Å²) in [5.41, 5.74) is 2.10. The molecule has 0 aliphatic carbocycles. The van der Waals surface area contributed by atoms with Crippen molar-refractivity contribution in [2.24, 2.45) is 7.05 Å². The van der Waals surface area contributed by atoms with Gasteiger partial charge in [-0.15, -0.1) is 0 Å². The van der Waals surface area contributed by atoms with Gasteiger partial charge in [-0.1, -0.05) is 36.4 Å². The number of hydrogen-bond acceptors (Lipinski definition) is 5. The smallest absolute Gasteiger partial charge is 0.416 e. The van der Waals surface area contributed by atoms with E-state index in [1.54, 1.807) is 36.1 Å². The molecule has 1 aliphatic rings. The Bertz CT molecular complexity index is 1460. The molecule has 1 aliphatic heterocycles. The van der Waals surface area contributed by atoms with Gasteiger partial charge in [-0.05, 0) is 48.0 Å². The van der Waals surface area contributed by atoms with Crippen molar-refractivity contribution < 1.29 is 27.4 Å². The van der Waals surface area contributed by atoms with E-state index in [0.29, 0.717) is 36.8 Å². The Morgan fingerprint density at radius 3 is 2.65 bits per heavy atom. The number of nitrogens with one attached hydrogen (secondary N) is 1. The van der Waals surface area contributed by atoms with Crippen LogP contribution >= 0.6 is 0 Å². The van der Waals surface area contributed by atoms with E-state index in [1.165, 1.54) is 17.7 Å². The minimum atomic E-state index is -4.54. The number of anilines is 1. The fourth-order valence-electron chi connectivity index (χ4n) is 4.67. The molecule has 1 N–H and O–H groups in total. The van der Waals surface area contributed by atoms with Gasteiger partial charge in [-0.2, -0.15) is 18.3 Å². The lowest BCUT2D eigenvalue weighted by atomic mass is 10.1. The van der Waals surface area contributed by atoms with Gasteiger partial charge >= 0.3 is 6.18 Å². The summed E-state index contributed by atoms with van der Waals surface area (Å²) in [6, 6.07) is 21.6. The molecule has 1 saturated heterocycles. The zero-order valence-electron chi connectivity index (χ0n) is 21.9. The lowest BCUT2D eigenvalue weighted by molar-refractivity contribution is -0.137. The number of alkyl halides is 3. The first-order valence-corrected chi connectivity index (χ1v) is 12.9. The number of benzene rings is 3. The van der Waals surface area contributed by atoms with Gasteiger partial charge in [0.2, 0.25) is 0 Å². The fraction of sp³-hybridized carbons (Fsp3) is 0.267. The number of aromatic nitrogens is 2. The summed E-state index contributed by atoms with van der Waals surface area (Å²) in [6.45, 7) is 3.15. The van der Waals surface area contributed by atoms with Crippen molar-refractivity contribution in [2.75, 3.05) is 31.7 Å². The maximum absolute atomic E-state index is 13.1. The number of nitrogens with zero attached hydrogens (tertiary/aromatic N) is 3. The number of aryl methyl sites for hydroxylation is 1. The molecule has 1 aromatic heterocycles. The minimum absolute atomic E-state index is 0.0358. The van der Waals surface area contributed by atoms with E-state index in [0.717, 1.165) is 30.9 Å². The molecule has 7 nitrogen and oxygen atoms in total. The molecule has 2 heterocycles. The van der Waals surface area contributed by atoms with E-state index >= 15 is 0 Å². The van der Waals surface area contributed by atoms with Gasteiger partial charge in [0.25, 0.3) is 5.91 Å².